The van der Waals surface area contributed by atoms with Gasteiger partial charge in [-0.1, -0.05) is 0 Å². The number of fused-ring (bicyclic) bond motifs is 1. The van der Waals surface area contributed by atoms with Gasteiger partial charge in [-0.25, -0.2) is 8.78 Å². The average molecular weight is 183 g/mol. The maximum absolute atomic E-state index is 12.9. The van der Waals surface area contributed by atoms with Crippen molar-refractivity contribution < 1.29 is 18.4 Å². The lowest BCUT2D eigenvalue weighted by atomic mass is 10.1. The number of carbonyl (C=O) groups excluding carboxylic acids is 2. The molecular formula is C8H3F2NO2. The first-order valence-electron chi connectivity index (χ1n) is 3.44. The van der Waals surface area contributed by atoms with Crippen molar-refractivity contribution >= 4 is 11.8 Å². The lowest BCUT2D eigenvalue weighted by molar-refractivity contribution is 0.0878. The predicted octanol–water partition coefficient (Wildman–Crippen LogP) is 0.848. The van der Waals surface area contributed by atoms with E-state index in [-0.39, 0.29) is 11.1 Å². The quantitative estimate of drug-likeness (QED) is 0.606. The number of benzene rings is 1. The van der Waals surface area contributed by atoms with E-state index in [0.717, 1.165) is 6.07 Å². The zero-order valence-corrected chi connectivity index (χ0v) is 6.23. The van der Waals surface area contributed by atoms with Gasteiger partial charge in [-0.05, 0) is 6.07 Å². The van der Waals surface area contributed by atoms with Crippen LogP contribution >= 0.6 is 0 Å². The van der Waals surface area contributed by atoms with E-state index in [4.69, 9.17) is 0 Å². The Morgan fingerprint density at radius 3 is 2.46 bits per heavy atom. The molecule has 5 heteroatoms. The number of hydrogen-bond donors (Lipinski definition) is 1. The first-order chi connectivity index (χ1) is 6.09. The number of hydrogen-bond acceptors (Lipinski definition) is 2. The highest BCUT2D eigenvalue weighted by Crippen LogP contribution is 2.20. The van der Waals surface area contributed by atoms with E-state index < -0.39 is 23.4 Å². The Bertz CT molecular complexity index is 428. The number of carbonyl (C=O) groups is 2. The summed E-state index contributed by atoms with van der Waals surface area (Å²) in [6, 6.07) is 1.40. The van der Waals surface area contributed by atoms with Gasteiger partial charge in [0.1, 0.15) is 11.6 Å². The Kier molecular flexibility index (Phi) is 1.42. The monoisotopic (exact) mass is 183 g/mol. The molecule has 0 unspecified atom stereocenters. The molecule has 0 aromatic heterocycles. The van der Waals surface area contributed by atoms with Crippen LogP contribution in [0.15, 0.2) is 12.1 Å². The van der Waals surface area contributed by atoms with Crippen LogP contribution in [0.2, 0.25) is 0 Å². The fourth-order valence-corrected chi connectivity index (χ4v) is 1.22. The molecule has 0 bridgehead atoms. The molecule has 0 saturated carbocycles. The molecule has 0 atom stereocenters. The molecule has 1 aromatic carbocycles. The molecule has 2 rings (SSSR count). The van der Waals surface area contributed by atoms with E-state index in [0.29, 0.717) is 6.07 Å². The fourth-order valence-electron chi connectivity index (χ4n) is 1.22. The Morgan fingerprint density at radius 2 is 1.77 bits per heavy atom. The van der Waals surface area contributed by atoms with E-state index in [9.17, 15) is 18.4 Å². The fraction of sp³-hybridized carbons (Fsp3) is 0. The highest BCUT2D eigenvalue weighted by atomic mass is 19.1. The Labute approximate surface area is 71.4 Å². The number of amides is 2. The summed E-state index contributed by atoms with van der Waals surface area (Å²) < 4.78 is 25.5. The van der Waals surface area contributed by atoms with Crippen molar-refractivity contribution in [3.63, 3.8) is 0 Å². The van der Waals surface area contributed by atoms with Crippen molar-refractivity contribution in [2.45, 2.75) is 0 Å². The normalized spacial score (nSPS) is 14.3. The third-order valence-corrected chi connectivity index (χ3v) is 1.75. The van der Waals surface area contributed by atoms with Crippen LogP contribution in [-0.4, -0.2) is 11.8 Å². The van der Waals surface area contributed by atoms with Crippen molar-refractivity contribution in [2.75, 3.05) is 0 Å². The standard InChI is InChI=1S/C8H3F2NO2/c9-3-1-4-6(5(10)2-3)8(13)11-7(4)12/h1-2H,(H,11,12,13). The molecule has 0 radical (unpaired) electrons. The smallest absolute Gasteiger partial charge is 0.261 e. The predicted molar refractivity (Wildman–Crippen MR) is 38.2 cm³/mol. The van der Waals surface area contributed by atoms with Crippen LogP contribution in [0.4, 0.5) is 8.78 Å². The molecule has 0 saturated heterocycles. The van der Waals surface area contributed by atoms with Crippen LogP contribution in [-0.2, 0) is 0 Å². The van der Waals surface area contributed by atoms with Crippen molar-refractivity contribution in [1.29, 1.82) is 0 Å². The highest BCUT2D eigenvalue weighted by molar-refractivity contribution is 6.21. The minimum absolute atomic E-state index is 0.248. The molecular weight excluding hydrogens is 180 g/mol. The second-order valence-electron chi connectivity index (χ2n) is 2.59. The molecule has 1 aliphatic heterocycles. The molecule has 3 nitrogen and oxygen atoms in total. The summed E-state index contributed by atoms with van der Waals surface area (Å²) in [5.74, 6) is -3.48. The maximum Gasteiger partial charge on any atom is 0.261 e. The summed E-state index contributed by atoms with van der Waals surface area (Å²) >= 11 is 0. The Morgan fingerprint density at radius 1 is 1.08 bits per heavy atom. The Hall–Kier alpha value is -1.78. The minimum Gasteiger partial charge on any atom is -0.288 e. The van der Waals surface area contributed by atoms with Crippen LogP contribution in [0.1, 0.15) is 20.7 Å². The third kappa shape index (κ3) is 1.00. The van der Waals surface area contributed by atoms with Gasteiger partial charge in [-0.3, -0.25) is 14.9 Å². The van der Waals surface area contributed by atoms with Crippen molar-refractivity contribution in [3.8, 4) is 0 Å². The second kappa shape index (κ2) is 2.35. The van der Waals surface area contributed by atoms with Crippen molar-refractivity contribution in [3.05, 3.63) is 34.9 Å². The molecule has 13 heavy (non-hydrogen) atoms. The van der Waals surface area contributed by atoms with Crippen LogP contribution in [0.5, 0.6) is 0 Å². The minimum atomic E-state index is -1.02. The molecule has 1 aliphatic rings. The van der Waals surface area contributed by atoms with Gasteiger partial charge < -0.3 is 0 Å². The van der Waals surface area contributed by atoms with E-state index in [1.54, 1.807) is 0 Å². The van der Waals surface area contributed by atoms with Crippen LogP contribution in [0, 0.1) is 11.6 Å². The van der Waals surface area contributed by atoms with Gasteiger partial charge >= 0.3 is 0 Å². The first kappa shape index (κ1) is 7.85. The van der Waals surface area contributed by atoms with Gasteiger partial charge in [0.2, 0.25) is 0 Å². The number of nitrogens with one attached hydrogen (secondary N) is 1. The molecule has 1 aromatic rings. The van der Waals surface area contributed by atoms with Gasteiger partial charge in [0, 0.05) is 6.07 Å². The SMILES string of the molecule is O=C1NC(=O)c2c(F)cc(F)cc21. The van der Waals surface area contributed by atoms with Gasteiger partial charge in [0.15, 0.2) is 0 Å². The summed E-state index contributed by atoms with van der Waals surface area (Å²) in [6.45, 7) is 0. The van der Waals surface area contributed by atoms with Gasteiger partial charge in [0.05, 0.1) is 11.1 Å². The zero-order valence-electron chi connectivity index (χ0n) is 6.23. The highest BCUT2D eigenvalue weighted by Gasteiger charge is 2.30. The van der Waals surface area contributed by atoms with Crippen molar-refractivity contribution in [2.24, 2.45) is 0 Å². The number of imide groups is 1. The van der Waals surface area contributed by atoms with Gasteiger partial charge in [-0.2, -0.15) is 0 Å². The number of rotatable bonds is 0. The Balaban J connectivity index is 2.77. The van der Waals surface area contributed by atoms with E-state index in [1.807, 2.05) is 5.32 Å². The molecule has 1 heterocycles. The molecule has 1 N–H and O–H groups in total. The van der Waals surface area contributed by atoms with Gasteiger partial charge in [0.25, 0.3) is 11.8 Å². The average Bonchev–Trinajstić information content (AvgIpc) is 2.27. The summed E-state index contributed by atoms with van der Waals surface area (Å²) in [5.41, 5.74) is -0.631. The lowest BCUT2D eigenvalue weighted by Gasteiger charge is -1.95. The maximum atomic E-state index is 12.9. The zero-order chi connectivity index (χ0) is 9.59. The summed E-state index contributed by atoms with van der Waals surface area (Å²) in [4.78, 5) is 21.8. The largest absolute Gasteiger partial charge is 0.288 e. The first-order valence-corrected chi connectivity index (χ1v) is 3.44. The summed E-state index contributed by atoms with van der Waals surface area (Å²) in [7, 11) is 0. The van der Waals surface area contributed by atoms with E-state index >= 15 is 0 Å². The van der Waals surface area contributed by atoms with Crippen molar-refractivity contribution in [1.82, 2.24) is 5.32 Å². The topological polar surface area (TPSA) is 46.2 Å². The van der Waals surface area contributed by atoms with E-state index in [2.05, 4.69) is 0 Å². The van der Waals surface area contributed by atoms with Crippen LogP contribution < -0.4 is 5.32 Å². The van der Waals surface area contributed by atoms with Gasteiger partial charge in [-0.15, -0.1) is 0 Å². The molecule has 0 fully saturated rings. The second-order valence-corrected chi connectivity index (χ2v) is 2.59. The van der Waals surface area contributed by atoms with E-state index in [1.165, 1.54) is 0 Å². The molecule has 0 spiro atoms. The number of halogens is 2. The lowest BCUT2D eigenvalue weighted by Crippen LogP contribution is -2.20. The summed E-state index contributed by atoms with van der Waals surface area (Å²) in [6.07, 6.45) is 0. The molecule has 66 valence electrons. The molecule has 0 aliphatic carbocycles. The third-order valence-electron chi connectivity index (χ3n) is 1.75. The van der Waals surface area contributed by atoms with Crippen LogP contribution in [0.3, 0.4) is 0 Å². The molecule has 2 amide bonds. The summed E-state index contributed by atoms with van der Waals surface area (Å²) in [5, 5.41) is 1.87. The van der Waals surface area contributed by atoms with Crippen LogP contribution in [0.25, 0.3) is 0 Å².